The van der Waals surface area contributed by atoms with Gasteiger partial charge in [-0.15, -0.1) is 0 Å². The molecule has 0 aliphatic heterocycles. The summed E-state index contributed by atoms with van der Waals surface area (Å²) in [5.74, 6) is -0.379. The summed E-state index contributed by atoms with van der Waals surface area (Å²) in [5, 5.41) is 3.31. The molecule has 0 spiro atoms. The SMILES string of the molecule is CCNC/C=C/c1ccc(F)c(Cl)c1. The van der Waals surface area contributed by atoms with Crippen LogP contribution in [0.15, 0.2) is 24.3 Å². The molecule has 0 unspecified atom stereocenters. The molecule has 0 radical (unpaired) electrons. The van der Waals surface area contributed by atoms with Gasteiger partial charge in [0, 0.05) is 6.54 Å². The highest BCUT2D eigenvalue weighted by molar-refractivity contribution is 6.30. The van der Waals surface area contributed by atoms with Crippen LogP contribution < -0.4 is 5.32 Å². The molecule has 1 rings (SSSR count). The van der Waals surface area contributed by atoms with Crippen LogP contribution in [-0.2, 0) is 0 Å². The van der Waals surface area contributed by atoms with E-state index in [2.05, 4.69) is 5.32 Å². The average Bonchev–Trinajstić information content (AvgIpc) is 2.18. The van der Waals surface area contributed by atoms with Gasteiger partial charge in [0.1, 0.15) is 5.82 Å². The van der Waals surface area contributed by atoms with Gasteiger partial charge in [-0.25, -0.2) is 4.39 Å². The van der Waals surface area contributed by atoms with E-state index in [1.54, 1.807) is 12.1 Å². The molecular weight excluding hydrogens is 201 g/mol. The second-order valence-electron chi connectivity index (χ2n) is 2.88. The number of nitrogens with one attached hydrogen (secondary N) is 1. The molecule has 0 bridgehead atoms. The van der Waals surface area contributed by atoms with Gasteiger partial charge < -0.3 is 5.32 Å². The monoisotopic (exact) mass is 213 g/mol. The minimum Gasteiger partial charge on any atom is -0.314 e. The Morgan fingerprint density at radius 3 is 2.93 bits per heavy atom. The quantitative estimate of drug-likeness (QED) is 0.758. The maximum Gasteiger partial charge on any atom is 0.141 e. The summed E-state index contributed by atoms with van der Waals surface area (Å²) < 4.78 is 12.8. The van der Waals surface area contributed by atoms with E-state index in [0.717, 1.165) is 18.7 Å². The van der Waals surface area contributed by atoms with E-state index >= 15 is 0 Å². The normalized spacial score (nSPS) is 11.1. The Hall–Kier alpha value is -0.860. The molecule has 1 aromatic rings. The molecule has 0 aliphatic carbocycles. The summed E-state index contributed by atoms with van der Waals surface area (Å²) in [5.41, 5.74) is 0.911. The number of benzene rings is 1. The van der Waals surface area contributed by atoms with Crippen LogP contribution >= 0.6 is 11.6 Å². The van der Waals surface area contributed by atoms with E-state index in [0.29, 0.717) is 0 Å². The molecule has 3 heteroatoms. The van der Waals surface area contributed by atoms with E-state index < -0.39 is 0 Å². The fourth-order valence-electron chi connectivity index (χ4n) is 1.04. The Morgan fingerprint density at radius 2 is 2.29 bits per heavy atom. The van der Waals surface area contributed by atoms with Gasteiger partial charge in [-0.1, -0.05) is 36.7 Å². The zero-order chi connectivity index (χ0) is 10.4. The Balaban J connectivity index is 2.59. The molecule has 0 amide bonds. The highest BCUT2D eigenvalue weighted by Gasteiger charge is 1.97. The summed E-state index contributed by atoms with van der Waals surface area (Å²) in [6, 6.07) is 4.68. The molecule has 14 heavy (non-hydrogen) atoms. The maximum absolute atomic E-state index is 12.8. The van der Waals surface area contributed by atoms with Gasteiger partial charge in [-0.2, -0.15) is 0 Å². The second-order valence-corrected chi connectivity index (χ2v) is 3.29. The molecular formula is C11H13ClFN. The highest BCUT2D eigenvalue weighted by Crippen LogP contribution is 2.16. The van der Waals surface area contributed by atoms with Gasteiger partial charge in [0.15, 0.2) is 0 Å². The summed E-state index contributed by atoms with van der Waals surface area (Å²) in [4.78, 5) is 0. The van der Waals surface area contributed by atoms with E-state index in [4.69, 9.17) is 11.6 Å². The number of likely N-dealkylation sites (N-methyl/N-ethyl adjacent to an activating group) is 1. The van der Waals surface area contributed by atoms with Gasteiger partial charge in [0.2, 0.25) is 0 Å². The predicted molar refractivity (Wildman–Crippen MR) is 59.0 cm³/mol. The lowest BCUT2D eigenvalue weighted by molar-refractivity contribution is 0.628. The van der Waals surface area contributed by atoms with Gasteiger partial charge in [0.05, 0.1) is 5.02 Å². The first kappa shape index (κ1) is 11.2. The van der Waals surface area contributed by atoms with Crippen molar-refractivity contribution < 1.29 is 4.39 Å². The van der Waals surface area contributed by atoms with Crippen LogP contribution in [0.3, 0.4) is 0 Å². The van der Waals surface area contributed by atoms with Crippen molar-refractivity contribution >= 4 is 17.7 Å². The first-order valence-electron chi connectivity index (χ1n) is 4.56. The van der Waals surface area contributed by atoms with Crippen LogP contribution in [0, 0.1) is 5.82 Å². The van der Waals surface area contributed by atoms with Crippen LogP contribution in [-0.4, -0.2) is 13.1 Å². The molecule has 1 N–H and O–H groups in total. The van der Waals surface area contributed by atoms with Crippen molar-refractivity contribution in [2.45, 2.75) is 6.92 Å². The Morgan fingerprint density at radius 1 is 1.50 bits per heavy atom. The molecule has 0 aromatic heterocycles. The fraction of sp³-hybridized carbons (Fsp3) is 0.273. The van der Waals surface area contributed by atoms with Gasteiger partial charge >= 0.3 is 0 Å². The maximum atomic E-state index is 12.8. The van der Waals surface area contributed by atoms with Crippen LogP contribution in [0.1, 0.15) is 12.5 Å². The smallest absolute Gasteiger partial charge is 0.141 e. The zero-order valence-corrected chi connectivity index (χ0v) is 8.81. The molecule has 0 aliphatic rings. The van der Waals surface area contributed by atoms with Crippen molar-refractivity contribution in [3.05, 3.63) is 40.7 Å². The largest absolute Gasteiger partial charge is 0.314 e. The number of halogens is 2. The van der Waals surface area contributed by atoms with Crippen molar-refractivity contribution in [1.82, 2.24) is 5.32 Å². The van der Waals surface area contributed by atoms with Crippen molar-refractivity contribution in [2.24, 2.45) is 0 Å². The van der Waals surface area contributed by atoms with Crippen LogP contribution in [0.5, 0.6) is 0 Å². The molecule has 0 atom stereocenters. The van der Waals surface area contributed by atoms with E-state index in [1.807, 2.05) is 19.1 Å². The molecule has 0 fully saturated rings. The Kier molecular flexibility index (Phi) is 4.63. The zero-order valence-electron chi connectivity index (χ0n) is 8.06. The third kappa shape index (κ3) is 3.48. The number of rotatable bonds is 4. The molecule has 1 nitrogen and oxygen atoms in total. The second kappa shape index (κ2) is 5.78. The molecule has 1 aromatic carbocycles. The standard InChI is InChI=1S/C11H13ClFN/c1-2-14-7-3-4-9-5-6-11(13)10(12)8-9/h3-6,8,14H,2,7H2,1H3/b4-3+. The lowest BCUT2D eigenvalue weighted by Crippen LogP contribution is -2.11. The molecule has 76 valence electrons. The summed E-state index contributed by atoms with van der Waals surface area (Å²) >= 11 is 5.63. The van der Waals surface area contributed by atoms with E-state index in [-0.39, 0.29) is 10.8 Å². The van der Waals surface area contributed by atoms with Gasteiger partial charge in [0.25, 0.3) is 0 Å². The van der Waals surface area contributed by atoms with Crippen molar-refractivity contribution in [1.29, 1.82) is 0 Å². The minimum absolute atomic E-state index is 0.163. The molecule has 0 heterocycles. The van der Waals surface area contributed by atoms with Crippen molar-refractivity contribution in [3.8, 4) is 0 Å². The van der Waals surface area contributed by atoms with Crippen molar-refractivity contribution in [3.63, 3.8) is 0 Å². The topological polar surface area (TPSA) is 12.0 Å². The van der Waals surface area contributed by atoms with E-state index in [9.17, 15) is 4.39 Å². The third-order valence-corrected chi connectivity index (χ3v) is 2.06. The first-order chi connectivity index (χ1) is 6.74. The summed E-state index contributed by atoms with van der Waals surface area (Å²) in [7, 11) is 0. The van der Waals surface area contributed by atoms with Crippen molar-refractivity contribution in [2.75, 3.05) is 13.1 Å². The third-order valence-electron chi connectivity index (χ3n) is 1.77. The average molecular weight is 214 g/mol. The van der Waals surface area contributed by atoms with Crippen LogP contribution in [0.2, 0.25) is 5.02 Å². The first-order valence-corrected chi connectivity index (χ1v) is 4.94. The minimum atomic E-state index is -0.379. The van der Waals surface area contributed by atoms with Gasteiger partial charge in [-0.05, 0) is 24.2 Å². The highest BCUT2D eigenvalue weighted by atomic mass is 35.5. The summed E-state index contributed by atoms with van der Waals surface area (Å²) in [6.45, 7) is 3.79. The number of hydrogen-bond donors (Lipinski definition) is 1. The molecule has 0 saturated heterocycles. The lowest BCUT2D eigenvalue weighted by atomic mass is 10.2. The molecule has 0 saturated carbocycles. The number of hydrogen-bond acceptors (Lipinski definition) is 1. The Labute approximate surface area is 88.6 Å². The lowest BCUT2D eigenvalue weighted by Gasteiger charge is -1.97. The predicted octanol–water partition coefficient (Wildman–Crippen LogP) is 3.10. The van der Waals surface area contributed by atoms with E-state index in [1.165, 1.54) is 6.07 Å². The van der Waals surface area contributed by atoms with Crippen LogP contribution in [0.4, 0.5) is 4.39 Å². The summed E-state index contributed by atoms with van der Waals surface area (Å²) in [6.07, 6.45) is 3.89. The Bertz CT molecular complexity index is 323. The fourth-order valence-corrected chi connectivity index (χ4v) is 1.23. The van der Waals surface area contributed by atoms with Crippen LogP contribution in [0.25, 0.3) is 6.08 Å². The van der Waals surface area contributed by atoms with Gasteiger partial charge in [-0.3, -0.25) is 0 Å².